The minimum Gasteiger partial charge on any atom is -0.436 e. The van der Waals surface area contributed by atoms with Crippen molar-refractivity contribution in [3.8, 4) is 11.5 Å². The van der Waals surface area contributed by atoms with Crippen LogP contribution in [0.25, 0.3) is 49.8 Å². The van der Waals surface area contributed by atoms with Crippen LogP contribution in [-0.2, 0) is 0 Å². The van der Waals surface area contributed by atoms with Crippen molar-refractivity contribution in [2.24, 2.45) is 0 Å². The first-order valence-electron chi connectivity index (χ1n) is 14.0. The molecule has 0 saturated carbocycles. The smallest absolute Gasteiger partial charge is 0.227 e. The molecule has 7 aromatic rings. The number of benzene rings is 6. The summed E-state index contributed by atoms with van der Waals surface area (Å²) in [5, 5.41) is 12.2. The molecule has 0 amide bonds. The molecule has 4 heteroatoms. The molecule has 4 nitrogen and oxygen atoms in total. The molecular weight excluding hydrogens is 502 g/mol. The number of nitrogens with zero attached hydrogens (tertiary/aromatic N) is 1. The summed E-state index contributed by atoms with van der Waals surface area (Å²) in [7, 11) is 0. The monoisotopic (exact) mass is 529 g/mol. The molecule has 41 heavy (non-hydrogen) atoms. The molecule has 0 aliphatic carbocycles. The van der Waals surface area contributed by atoms with Crippen molar-refractivity contribution in [2.75, 3.05) is 0 Å². The molecule has 8 rings (SSSR count). The molecule has 0 fully saturated rings. The van der Waals surface area contributed by atoms with Gasteiger partial charge in [-0.3, -0.25) is 5.32 Å². The zero-order chi connectivity index (χ0) is 27.2. The maximum absolute atomic E-state index is 6.20. The maximum atomic E-state index is 6.20. The Morgan fingerprint density at radius 2 is 1.29 bits per heavy atom. The second kappa shape index (κ2) is 9.77. The van der Waals surface area contributed by atoms with E-state index in [1.807, 2.05) is 36.4 Å². The second-order valence-electron chi connectivity index (χ2n) is 10.5. The Morgan fingerprint density at radius 3 is 2.07 bits per heavy atom. The molecular formula is C37H27N3O. The molecule has 2 N–H and O–H groups in total. The van der Waals surface area contributed by atoms with Crippen LogP contribution >= 0.6 is 0 Å². The molecule has 0 spiro atoms. The molecule has 0 saturated heterocycles. The van der Waals surface area contributed by atoms with E-state index in [-0.39, 0.29) is 12.2 Å². The molecule has 1 aliphatic heterocycles. The molecule has 2 atom stereocenters. The molecule has 2 unspecified atom stereocenters. The number of aromatic nitrogens is 1. The minimum atomic E-state index is -0.0620. The third-order valence-electron chi connectivity index (χ3n) is 7.96. The Bertz CT molecular complexity index is 2050. The first-order chi connectivity index (χ1) is 20.3. The van der Waals surface area contributed by atoms with E-state index in [0.717, 1.165) is 33.1 Å². The van der Waals surface area contributed by atoms with Crippen LogP contribution in [0.4, 0.5) is 0 Å². The summed E-state index contributed by atoms with van der Waals surface area (Å²) in [5.74, 6) is 0.643. The zero-order valence-corrected chi connectivity index (χ0v) is 22.3. The fourth-order valence-corrected chi connectivity index (χ4v) is 5.91. The SMILES string of the molecule is C1=C(c2ccccc2)NC(c2ccc3c(ccc4ccc5oc(-c6ccccc6)nc5c43)c2)NC1c1ccccc1. The van der Waals surface area contributed by atoms with Crippen LogP contribution in [0.3, 0.4) is 0 Å². The number of hydrogen-bond acceptors (Lipinski definition) is 4. The highest BCUT2D eigenvalue weighted by atomic mass is 16.3. The van der Waals surface area contributed by atoms with Crippen LogP contribution in [0, 0.1) is 0 Å². The highest BCUT2D eigenvalue weighted by molar-refractivity contribution is 6.18. The summed E-state index contributed by atoms with van der Waals surface area (Å²) in [5.41, 5.74) is 7.38. The highest BCUT2D eigenvalue weighted by Crippen LogP contribution is 2.36. The van der Waals surface area contributed by atoms with Gasteiger partial charge in [0.2, 0.25) is 5.89 Å². The van der Waals surface area contributed by atoms with E-state index >= 15 is 0 Å². The van der Waals surface area contributed by atoms with Crippen LogP contribution in [-0.4, -0.2) is 4.98 Å². The Kier molecular flexibility index (Phi) is 5.64. The van der Waals surface area contributed by atoms with Gasteiger partial charge in [0, 0.05) is 16.6 Å². The van der Waals surface area contributed by atoms with Crippen LogP contribution in [0.5, 0.6) is 0 Å². The van der Waals surface area contributed by atoms with Gasteiger partial charge in [-0.2, -0.15) is 0 Å². The lowest BCUT2D eigenvalue weighted by Crippen LogP contribution is -2.39. The van der Waals surface area contributed by atoms with Crippen molar-refractivity contribution in [1.82, 2.24) is 15.6 Å². The predicted molar refractivity (Wildman–Crippen MR) is 167 cm³/mol. The van der Waals surface area contributed by atoms with Gasteiger partial charge >= 0.3 is 0 Å². The molecule has 0 radical (unpaired) electrons. The lowest BCUT2D eigenvalue weighted by molar-refractivity contribution is 0.443. The average Bonchev–Trinajstić information content (AvgIpc) is 3.50. The van der Waals surface area contributed by atoms with Crippen molar-refractivity contribution in [2.45, 2.75) is 12.2 Å². The molecule has 0 bridgehead atoms. The van der Waals surface area contributed by atoms with Gasteiger partial charge in [0.05, 0.1) is 6.04 Å². The summed E-state index contributed by atoms with van der Waals surface area (Å²) in [6, 6.07) is 46.6. The summed E-state index contributed by atoms with van der Waals surface area (Å²) < 4.78 is 6.20. The Balaban J connectivity index is 1.23. The van der Waals surface area contributed by atoms with Gasteiger partial charge in [-0.15, -0.1) is 0 Å². The maximum Gasteiger partial charge on any atom is 0.227 e. The normalized spacial score (nSPS) is 17.0. The Labute approximate surface area is 238 Å². The number of hydrogen-bond donors (Lipinski definition) is 2. The first kappa shape index (κ1) is 23.7. The molecule has 6 aromatic carbocycles. The zero-order valence-electron chi connectivity index (χ0n) is 22.3. The standard InChI is InChI=1S/C37H27N3O/c1-4-10-24(11-5-1)31-23-32(25-12-6-2-7-13-25)39-36(38-31)29-18-20-30-28(22-29)17-16-26-19-21-33-35(34(26)30)40-37(41-33)27-14-8-3-9-15-27/h1-23,31,36,38-39H. The first-order valence-corrected chi connectivity index (χ1v) is 14.0. The fourth-order valence-electron chi connectivity index (χ4n) is 5.91. The number of rotatable bonds is 4. The van der Waals surface area contributed by atoms with Gasteiger partial charge < -0.3 is 9.73 Å². The summed E-state index contributed by atoms with van der Waals surface area (Å²) in [6.07, 6.45) is 2.22. The third-order valence-corrected chi connectivity index (χ3v) is 7.96. The van der Waals surface area contributed by atoms with Crippen molar-refractivity contribution >= 4 is 38.3 Å². The van der Waals surface area contributed by atoms with E-state index in [0.29, 0.717) is 5.89 Å². The highest BCUT2D eigenvalue weighted by Gasteiger charge is 2.24. The van der Waals surface area contributed by atoms with Crippen molar-refractivity contribution in [3.63, 3.8) is 0 Å². The van der Waals surface area contributed by atoms with E-state index < -0.39 is 0 Å². The van der Waals surface area contributed by atoms with E-state index in [4.69, 9.17) is 9.40 Å². The van der Waals surface area contributed by atoms with Gasteiger partial charge in [-0.1, -0.05) is 109 Å². The van der Waals surface area contributed by atoms with E-state index in [1.54, 1.807) is 0 Å². The van der Waals surface area contributed by atoms with E-state index in [1.165, 1.54) is 27.5 Å². The Morgan fingerprint density at radius 1 is 0.610 bits per heavy atom. The lowest BCUT2D eigenvalue weighted by Gasteiger charge is -2.33. The predicted octanol–water partition coefficient (Wildman–Crippen LogP) is 8.78. The largest absolute Gasteiger partial charge is 0.436 e. The number of fused-ring (bicyclic) bond motifs is 5. The van der Waals surface area contributed by atoms with Gasteiger partial charge in [0.15, 0.2) is 5.58 Å². The average molecular weight is 530 g/mol. The van der Waals surface area contributed by atoms with Crippen LogP contribution in [0.15, 0.2) is 144 Å². The minimum absolute atomic E-state index is 0.0620. The quantitative estimate of drug-likeness (QED) is 0.224. The van der Waals surface area contributed by atoms with Gasteiger partial charge in [-0.25, -0.2) is 4.98 Å². The van der Waals surface area contributed by atoms with Gasteiger partial charge in [-0.05, 0) is 63.2 Å². The second-order valence-corrected chi connectivity index (χ2v) is 10.5. The summed E-state index contributed by atoms with van der Waals surface area (Å²) >= 11 is 0. The lowest BCUT2D eigenvalue weighted by atomic mass is 9.96. The Hall–Kier alpha value is -5.19. The number of nitrogens with one attached hydrogen (secondary N) is 2. The summed E-state index contributed by atoms with van der Waals surface area (Å²) in [6.45, 7) is 0. The van der Waals surface area contributed by atoms with Crippen LogP contribution in [0.1, 0.15) is 28.9 Å². The van der Waals surface area contributed by atoms with Crippen molar-refractivity contribution in [1.29, 1.82) is 0 Å². The van der Waals surface area contributed by atoms with Crippen molar-refractivity contribution < 1.29 is 4.42 Å². The van der Waals surface area contributed by atoms with Crippen molar-refractivity contribution in [3.05, 3.63) is 156 Å². The molecule has 1 aromatic heterocycles. The third kappa shape index (κ3) is 4.26. The fraction of sp³-hybridized carbons (Fsp3) is 0.0541. The molecule has 196 valence electrons. The number of oxazole rings is 1. The van der Waals surface area contributed by atoms with Gasteiger partial charge in [0.25, 0.3) is 0 Å². The van der Waals surface area contributed by atoms with E-state index in [2.05, 4.69) is 114 Å². The van der Waals surface area contributed by atoms with Crippen LogP contribution in [0.2, 0.25) is 0 Å². The molecule has 2 heterocycles. The van der Waals surface area contributed by atoms with Gasteiger partial charge in [0.1, 0.15) is 11.7 Å². The van der Waals surface area contributed by atoms with Crippen LogP contribution < -0.4 is 10.6 Å². The topological polar surface area (TPSA) is 50.1 Å². The summed E-state index contributed by atoms with van der Waals surface area (Å²) in [4.78, 5) is 4.96. The van der Waals surface area contributed by atoms with E-state index in [9.17, 15) is 0 Å². The molecule has 1 aliphatic rings.